The molecule has 2 amide bonds. The van der Waals surface area contributed by atoms with E-state index in [2.05, 4.69) is 4.98 Å². The number of para-hydroxylation sites is 1. The van der Waals surface area contributed by atoms with Crippen LogP contribution < -0.4 is 4.74 Å². The van der Waals surface area contributed by atoms with Gasteiger partial charge in [0.05, 0.1) is 22.6 Å². The lowest BCUT2D eigenvalue weighted by Crippen LogP contribution is -2.44. The molecule has 0 saturated carbocycles. The molecule has 214 valence electrons. The summed E-state index contributed by atoms with van der Waals surface area (Å²) >= 11 is 6.27. The number of halogens is 1. The van der Waals surface area contributed by atoms with Crippen molar-refractivity contribution in [3.8, 4) is 5.75 Å². The Hall–Kier alpha value is -4.37. The van der Waals surface area contributed by atoms with Crippen molar-refractivity contribution in [2.45, 2.75) is 26.8 Å². The Bertz CT molecular complexity index is 1530. The summed E-state index contributed by atoms with van der Waals surface area (Å²) < 4.78 is 5.27. The van der Waals surface area contributed by atoms with Crippen molar-refractivity contribution in [2.75, 3.05) is 26.7 Å². The second kappa shape index (κ2) is 13.3. The molecule has 9 nitrogen and oxygen atoms in total. The number of nitro groups is 1. The molecule has 1 N–H and O–H groups in total. The van der Waals surface area contributed by atoms with Crippen LogP contribution in [-0.4, -0.2) is 58.3 Å². The van der Waals surface area contributed by atoms with E-state index in [1.165, 1.54) is 17.0 Å². The van der Waals surface area contributed by atoms with Gasteiger partial charge in [-0.05, 0) is 47.7 Å². The lowest BCUT2D eigenvalue weighted by Gasteiger charge is -2.29. The highest BCUT2D eigenvalue weighted by Gasteiger charge is 2.26. The van der Waals surface area contributed by atoms with Gasteiger partial charge in [0.25, 0.3) is 11.6 Å². The first-order valence-corrected chi connectivity index (χ1v) is 13.7. The largest absolute Gasteiger partial charge is 0.497 e. The average molecular weight is 577 g/mol. The number of benzene rings is 3. The van der Waals surface area contributed by atoms with E-state index >= 15 is 0 Å². The fourth-order valence-electron chi connectivity index (χ4n) is 4.72. The monoisotopic (exact) mass is 576 g/mol. The smallest absolute Gasteiger partial charge is 0.270 e. The number of H-pyrrole nitrogens is 1. The molecule has 0 radical (unpaired) electrons. The molecule has 41 heavy (non-hydrogen) atoms. The number of rotatable bonds is 12. The molecule has 0 atom stereocenters. The van der Waals surface area contributed by atoms with Crippen molar-refractivity contribution in [3.63, 3.8) is 0 Å². The molecule has 1 aromatic heterocycles. The van der Waals surface area contributed by atoms with Crippen molar-refractivity contribution in [3.05, 3.63) is 105 Å². The molecule has 0 spiro atoms. The Kier molecular flexibility index (Phi) is 9.62. The predicted octanol–water partition coefficient (Wildman–Crippen LogP) is 6.11. The highest BCUT2D eigenvalue weighted by Crippen LogP contribution is 2.25. The van der Waals surface area contributed by atoms with Gasteiger partial charge in [-0.3, -0.25) is 19.7 Å². The second-order valence-corrected chi connectivity index (χ2v) is 10.7. The van der Waals surface area contributed by atoms with E-state index in [0.29, 0.717) is 26.1 Å². The van der Waals surface area contributed by atoms with E-state index in [4.69, 9.17) is 16.3 Å². The van der Waals surface area contributed by atoms with E-state index in [-0.39, 0.29) is 34.6 Å². The second-order valence-electron chi connectivity index (χ2n) is 10.3. The number of hydrogen-bond donors (Lipinski definition) is 1. The summed E-state index contributed by atoms with van der Waals surface area (Å²) in [6.45, 7) is 4.86. The third-order valence-corrected chi connectivity index (χ3v) is 7.12. The van der Waals surface area contributed by atoms with Gasteiger partial charge >= 0.3 is 0 Å². The van der Waals surface area contributed by atoms with Crippen molar-refractivity contribution in [2.24, 2.45) is 5.92 Å². The van der Waals surface area contributed by atoms with E-state index in [0.717, 1.165) is 33.8 Å². The molecule has 0 unspecified atom stereocenters. The van der Waals surface area contributed by atoms with Crippen LogP contribution in [0.5, 0.6) is 5.75 Å². The van der Waals surface area contributed by atoms with Crippen LogP contribution in [-0.2, 0) is 17.8 Å². The van der Waals surface area contributed by atoms with Crippen LogP contribution in [0.4, 0.5) is 5.69 Å². The molecular formula is C31H33ClN4O5. The normalized spacial score (nSPS) is 11.0. The number of nitrogens with zero attached hydrogens (tertiary/aromatic N) is 3. The van der Waals surface area contributed by atoms with Gasteiger partial charge in [-0.15, -0.1) is 0 Å². The first kappa shape index (κ1) is 29.6. The molecule has 3 aromatic carbocycles. The Balaban J connectivity index is 1.58. The number of ether oxygens (including phenoxy) is 1. The number of nitro benzene ring substituents is 1. The maximum absolute atomic E-state index is 13.8. The van der Waals surface area contributed by atoms with Crippen LogP contribution in [0.3, 0.4) is 0 Å². The number of aromatic amines is 1. The minimum Gasteiger partial charge on any atom is -0.497 e. The molecular weight excluding hydrogens is 544 g/mol. The van der Waals surface area contributed by atoms with Crippen LogP contribution in [0.25, 0.3) is 10.9 Å². The molecule has 0 fully saturated rings. The highest BCUT2D eigenvalue weighted by atomic mass is 35.5. The van der Waals surface area contributed by atoms with Crippen molar-refractivity contribution >= 4 is 40.0 Å². The minimum atomic E-state index is -0.569. The summed E-state index contributed by atoms with van der Waals surface area (Å²) in [4.78, 5) is 44.4. The standard InChI is InChI=1S/C31H33ClN4O5/c1-21(2)18-35(31(38)27-13-10-24(36(39)40)16-28(27)32)20-30(37)34(19-22-8-11-25(41-3)12-9-22)15-14-23-17-33-29-7-5-4-6-26(23)29/h4-13,16-17,21,33H,14-15,18-20H2,1-3H3. The van der Waals surface area contributed by atoms with Crippen molar-refractivity contribution in [1.29, 1.82) is 0 Å². The number of methoxy groups -OCH3 is 1. The molecule has 4 rings (SSSR count). The number of aromatic nitrogens is 1. The summed E-state index contributed by atoms with van der Waals surface area (Å²) in [5, 5.41) is 12.2. The van der Waals surface area contributed by atoms with Crippen LogP contribution in [0, 0.1) is 16.0 Å². The molecule has 0 saturated heterocycles. The molecule has 4 aromatic rings. The Morgan fingerprint density at radius 3 is 2.44 bits per heavy atom. The van der Waals surface area contributed by atoms with Gasteiger partial charge in [-0.25, -0.2) is 0 Å². The maximum Gasteiger partial charge on any atom is 0.270 e. The number of carbonyl (C=O) groups excluding carboxylic acids is 2. The first-order chi connectivity index (χ1) is 19.7. The van der Waals surface area contributed by atoms with Crippen LogP contribution in [0.2, 0.25) is 5.02 Å². The number of carbonyl (C=O) groups is 2. The highest BCUT2D eigenvalue weighted by molar-refractivity contribution is 6.34. The Morgan fingerprint density at radius 2 is 1.78 bits per heavy atom. The summed E-state index contributed by atoms with van der Waals surface area (Å²) in [6.07, 6.45) is 2.59. The van der Waals surface area contributed by atoms with E-state index in [1.54, 1.807) is 12.0 Å². The Labute approximate surface area is 243 Å². The number of nitrogens with one attached hydrogen (secondary N) is 1. The van der Waals surface area contributed by atoms with Crippen LogP contribution in [0.1, 0.15) is 35.3 Å². The third-order valence-electron chi connectivity index (χ3n) is 6.80. The van der Waals surface area contributed by atoms with Crippen LogP contribution >= 0.6 is 11.6 Å². The van der Waals surface area contributed by atoms with Gasteiger partial charge in [0.2, 0.25) is 5.91 Å². The van der Waals surface area contributed by atoms with Gasteiger partial charge in [0.1, 0.15) is 12.3 Å². The summed E-state index contributed by atoms with van der Waals surface area (Å²) in [7, 11) is 1.60. The zero-order chi connectivity index (χ0) is 29.5. The fraction of sp³-hybridized carbons (Fsp3) is 0.290. The first-order valence-electron chi connectivity index (χ1n) is 13.3. The quantitative estimate of drug-likeness (QED) is 0.162. The predicted molar refractivity (Wildman–Crippen MR) is 159 cm³/mol. The van der Waals surface area contributed by atoms with Crippen molar-refractivity contribution < 1.29 is 19.2 Å². The lowest BCUT2D eigenvalue weighted by atomic mass is 10.1. The molecule has 1 heterocycles. The zero-order valence-electron chi connectivity index (χ0n) is 23.3. The minimum absolute atomic E-state index is 0.0279. The van der Waals surface area contributed by atoms with Crippen LogP contribution in [0.15, 0.2) is 72.9 Å². The summed E-state index contributed by atoms with van der Waals surface area (Å²) in [5.74, 6) is 0.129. The molecule has 0 bridgehead atoms. The average Bonchev–Trinajstić information content (AvgIpc) is 3.37. The fourth-order valence-corrected chi connectivity index (χ4v) is 4.98. The van der Waals surface area contributed by atoms with Crippen molar-refractivity contribution in [1.82, 2.24) is 14.8 Å². The Morgan fingerprint density at radius 1 is 1.05 bits per heavy atom. The molecule has 0 aliphatic carbocycles. The SMILES string of the molecule is COc1ccc(CN(CCc2c[nH]c3ccccc23)C(=O)CN(CC(C)C)C(=O)c2ccc([N+](=O)[O-])cc2Cl)cc1. The topological polar surface area (TPSA) is 109 Å². The van der Waals surface area contributed by atoms with E-state index in [9.17, 15) is 19.7 Å². The van der Waals surface area contributed by atoms with Gasteiger partial charge in [0.15, 0.2) is 0 Å². The van der Waals surface area contributed by atoms with Gasteiger partial charge in [-0.2, -0.15) is 0 Å². The lowest BCUT2D eigenvalue weighted by molar-refractivity contribution is -0.384. The molecule has 10 heteroatoms. The van der Waals surface area contributed by atoms with E-state index in [1.807, 2.05) is 68.6 Å². The maximum atomic E-state index is 13.8. The number of hydrogen-bond acceptors (Lipinski definition) is 5. The molecule has 0 aliphatic rings. The molecule has 0 aliphatic heterocycles. The zero-order valence-corrected chi connectivity index (χ0v) is 24.1. The van der Waals surface area contributed by atoms with Gasteiger partial charge in [-0.1, -0.05) is 55.8 Å². The third kappa shape index (κ3) is 7.43. The summed E-state index contributed by atoms with van der Waals surface area (Å²) in [5.41, 5.74) is 2.97. The van der Waals surface area contributed by atoms with Gasteiger partial charge < -0.3 is 19.5 Å². The van der Waals surface area contributed by atoms with E-state index < -0.39 is 10.8 Å². The number of fused-ring (bicyclic) bond motifs is 1. The van der Waals surface area contributed by atoms with Gasteiger partial charge in [0, 0.05) is 48.9 Å². The summed E-state index contributed by atoms with van der Waals surface area (Å²) in [6, 6.07) is 19.3. The number of non-ortho nitro benzene ring substituents is 1. The number of amides is 2.